The first-order chi connectivity index (χ1) is 14.6. The van der Waals surface area contributed by atoms with Gasteiger partial charge in [-0.05, 0) is 47.5 Å². The first kappa shape index (κ1) is 22.5. The quantitative estimate of drug-likeness (QED) is 0.548. The number of amides is 1. The van der Waals surface area contributed by atoms with Crippen molar-refractivity contribution < 1.29 is 18.7 Å². The molecule has 0 unspecified atom stereocenters. The maximum Gasteiger partial charge on any atom is 0.407 e. The highest BCUT2D eigenvalue weighted by atomic mass is 19.1. The number of aryl methyl sites for hydroxylation is 2. The second-order valence-electron chi connectivity index (χ2n) is 8.31. The average molecular weight is 433 g/mol. The van der Waals surface area contributed by atoms with Crippen molar-refractivity contribution in [2.24, 2.45) is 0 Å². The van der Waals surface area contributed by atoms with Crippen molar-refractivity contribution in [3.63, 3.8) is 0 Å². The Morgan fingerprint density at radius 3 is 2.58 bits per heavy atom. The summed E-state index contributed by atoms with van der Waals surface area (Å²) in [6, 6.07) is 1.36. The van der Waals surface area contributed by atoms with Crippen LogP contribution in [0.5, 0.6) is 5.75 Å². The molecule has 0 radical (unpaired) electrons. The van der Waals surface area contributed by atoms with Gasteiger partial charge in [-0.1, -0.05) is 0 Å². The topological polar surface area (TPSA) is 103 Å². The van der Waals surface area contributed by atoms with Crippen LogP contribution in [0.15, 0.2) is 6.07 Å². The number of alkyl carbamates (subject to hydrolysis) is 1. The van der Waals surface area contributed by atoms with Crippen molar-refractivity contribution >= 4 is 28.6 Å². The molecule has 1 amide bonds. The number of halogens is 1. The minimum absolute atomic E-state index is 0.182. The Balaban J connectivity index is 1.71. The van der Waals surface area contributed by atoms with Gasteiger partial charge in [0.2, 0.25) is 5.65 Å². The predicted molar refractivity (Wildman–Crippen MR) is 116 cm³/mol. The van der Waals surface area contributed by atoms with Gasteiger partial charge < -0.3 is 20.1 Å². The number of methoxy groups -OCH3 is 1. The average Bonchev–Trinajstić information content (AvgIpc) is 3.05. The second kappa shape index (κ2) is 8.91. The molecule has 0 bridgehead atoms. The Morgan fingerprint density at radius 1 is 1.19 bits per heavy atom. The number of nitrogens with one attached hydrogen (secondary N) is 2. The summed E-state index contributed by atoms with van der Waals surface area (Å²) in [7, 11) is 1.44. The monoisotopic (exact) mass is 432 g/mol. The normalized spacial score (nSPS) is 11.7. The van der Waals surface area contributed by atoms with Gasteiger partial charge in [0, 0.05) is 24.7 Å². The summed E-state index contributed by atoms with van der Waals surface area (Å²) < 4.78 is 26.7. The smallest absolute Gasteiger partial charge is 0.407 e. The third-order valence-corrected chi connectivity index (χ3v) is 4.68. The Labute approximate surface area is 180 Å². The van der Waals surface area contributed by atoms with E-state index in [4.69, 9.17) is 9.47 Å². The van der Waals surface area contributed by atoms with Crippen LogP contribution in [0, 0.1) is 19.7 Å². The predicted octanol–water partition coefficient (Wildman–Crippen LogP) is 3.76. The second-order valence-corrected chi connectivity index (χ2v) is 8.31. The Kier molecular flexibility index (Phi) is 6.47. The van der Waals surface area contributed by atoms with Gasteiger partial charge in [0.1, 0.15) is 11.4 Å². The summed E-state index contributed by atoms with van der Waals surface area (Å²) in [5.74, 6) is 0.909. The number of hydrogen-bond acceptors (Lipinski definition) is 7. The SMILES string of the molecule is COc1c(F)cc2nc(NCCCCNC(=O)OC(C)(C)C)c3nnc(C)n3c2c1C. The largest absolute Gasteiger partial charge is 0.493 e. The lowest BCUT2D eigenvalue weighted by Gasteiger charge is -2.19. The lowest BCUT2D eigenvalue weighted by Crippen LogP contribution is -2.33. The third-order valence-electron chi connectivity index (χ3n) is 4.68. The van der Waals surface area contributed by atoms with E-state index < -0.39 is 17.5 Å². The number of ether oxygens (including phenoxy) is 2. The van der Waals surface area contributed by atoms with E-state index in [1.165, 1.54) is 13.2 Å². The molecule has 0 fully saturated rings. The highest BCUT2D eigenvalue weighted by Gasteiger charge is 2.19. The number of nitrogens with zero attached hydrogens (tertiary/aromatic N) is 4. The lowest BCUT2D eigenvalue weighted by atomic mass is 10.1. The van der Waals surface area contributed by atoms with Crippen LogP contribution < -0.4 is 15.4 Å². The van der Waals surface area contributed by atoms with E-state index in [0.717, 1.165) is 12.8 Å². The number of carbonyl (C=O) groups excluding carboxylic acids is 1. The van der Waals surface area contributed by atoms with Crippen LogP contribution in [0.1, 0.15) is 45.0 Å². The summed E-state index contributed by atoms with van der Waals surface area (Å²) in [5, 5.41) is 14.4. The van der Waals surface area contributed by atoms with E-state index in [1.54, 1.807) is 6.92 Å². The fourth-order valence-corrected chi connectivity index (χ4v) is 3.38. The molecule has 0 aliphatic heterocycles. The van der Waals surface area contributed by atoms with E-state index >= 15 is 0 Å². The Bertz CT molecular complexity index is 1110. The molecule has 0 spiro atoms. The molecular weight excluding hydrogens is 403 g/mol. The van der Waals surface area contributed by atoms with Gasteiger partial charge in [0.05, 0.1) is 18.1 Å². The first-order valence-corrected chi connectivity index (χ1v) is 10.2. The summed E-state index contributed by atoms with van der Waals surface area (Å²) in [4.78, 5) is 16.3. The molecular formula is C21H29FN6O3. The molecule has 10 heteroatoms. The number of fused-ring (bicyclic) bond motifs is 3. The van der Waals surface area contributed by atoms with Crippen molar-refractivity contribution in [1.29, 1.82) is 0 Å². The number of aromatic nitrogens is 4. The number of rotatable bonds is 7. The highest BCUT2D eigenvalue weighted by Crippen LogP contribution is 2.32. The Hall–Kier alpha value is -3.17. The molecule has 9 nitrogen and oxygen atoms in total. The van der Waals surface area contributed by atoms with Gasteiger partial charge in [-0.3, -0.25) is 4.40 Å². The molecule has 0 saturated heterocycles. The van der Waals surface area contributed by atoms with E-state index in [9.17, 15) is 9.18 Å². The number of unbranched alkanes of at least 4 members (excludes halogenated alkanes) is 1. The van der Waals surface area contributed by atoms with Crippen LogP contribution in [0.3, 0.4) is 0 Å². The molecule has 2 N–H and O–H groups in total. The van der Waals surface area contributed by atoms with Gasteiger partial charge >= 0.3 is 6.09 Å². The maximum absolute atomic E-state index is 14.4. The van der Waals surface area contributed by atoms with Gasteiger partial charge in [0.25, 0.3) is 0 Å². The van der Waals surface area contributed by atoms with Crippen LogP contribution in [-0.2, 0) is 4.74 Å². The number of benzene rings is 1. The molecule has 31 heavy (non-hydrogen) atoms. The van der Waals surface area contributed by atoms with Crippen LogP contribution >= 0.6 is 0 Å². The summed E-state index contributed by atoms with van der Waals surface area (Å²) in [5.41, 5.74) is 1.88. The molecule has 1 aromatic carbocycles. The summed E-state index contributed by atoms with van der Waals surface area (Å²) in [6.45, 7) is 10.2. The molecule has 0 atom stereocenters. The molecule has 168 valence electrons. The molecule has 3 rings (SSSR count). The number of carbonyl (C=O) groups is 1. The van der Waals surface area contributed by atoms with Crippen molar-refractivity contribution in [1.82, 2.24) is 24.9 Å². The van der Waals surface area contributed by atoms with E-state index in [2.05, 4.69) is 25.8 Å². The van der Waals surface area contributed by atoms with Crippen molar-refractivity contribution in [2.75, 3.05) is 25.5 Å². The minimum Gasteiger partial charge on any atom is -0.493 e. The molecule has 2 heterocycles. The van der Waals surface area contributed by atoms with Gasteiger partial charge in [-0.2, -0.15) is 0 Å². The van der Waals surface area contributed by atoms with Gasteiger partial charge in [-0.25, -0.2) is 14.2 Å². The van der Waals surface area contributed by atoms with E-state index in [-0.39, 0.29) is 5.75 Å². The van der Waals surface area contributed by atoms with Crippen LogP contribution in [0.4, 0.5) is 15.0 Å². The maximum atomic E-state index is 14.4. The molecule has 2 aromatic heterocycles. The van der Waals surface area contributed by atoms with E-state index in [0.29, 0.717) is 47.0 Å². The number of anilines is 1. The zero-order valence-electron chi connectivity index (χ0n) is 18.8. The lowest BCUT2D eigenvalue weighted by molar-refractivity contribution is 0.0527. The highest BCUT2D eigenvalue weighted by molar-refractivity contribution is 5.87. The summed E-state index contributed by atoms with van der Waals surface area (Å²) >= 11 is 0. The number of hydrogen-bond donors (Lipinski definition) is 2. The zero-order chi connectivity index (χ0) is 22.8. The van der Waals surface area contributed by atoms with Gasteiger partial charge in [-0.15, -0.1) is 10.2 Å². The first-order valence-electron chi connectivity index (χ1n) is 10.2. The van der Waals surface area contributed by atoms with Crippen molar-refractivity contribution in [2.45, 2.75) is 53.1 Å². The van der Waals surface area contributed by atoms with Crippen molar-refractivity contribution in [3.05, 3.63) is 23.3 Å². The fourth-order valence-electron chi connectivity index (χ4n) is 3.38. The van der Waals surface area contributed by atoms with Crippen LogP contribution in [0.25, 0.3) is 16.7 Å². The molecule has 3 aromatic rings. The fraction of sp³-hybridized carbons (Fsp3) is 0.524. The third kappa shape index (κ3) is 4.95. The molecule has 0 saturated carbocycles. The van der Waals surface area contributed by atoms with E-state index in [1.807, 2.05) is 32.1 Å². The van der Waals surface area contributed by atoms with Crippen LogP contribution in [-0.4, -0.2) is 51.5 Å². The minimum atomic E-state index is -0.517. The van der Waals surface area contributed by atoms with Gasteiger partial charge in [0.15, 0.2) is 17.4 Å². The van der Waals surface area contributed by atoms with Crippen LogP contribution in [0.2, 0.25) is 0 Å². The standard InChI is InChI=1S/C21H29FN6O3/c1-12-16-15(11-14(22)17(12)30-6)25-18(19-27-26-13(2)28(16)19)23-9-7-8-10-24-20(29)31-21(3,4)5/h11H,7-10H2,1-6H3,(H,23,25)(H,24,29). The zero-order valence-corrected chi connectivity index (χ0v) is 18.8. The molecule has 0 aliphatic carbocycles. The van der Waals surface area contributed by atoms with Crippen molar-refractivity contribution in [3.8, 4) is 5.75 Å². The Morgan fingerprint density at radius 2 is 1.90 bits per heavy atom. The molecule has 0 aliphatic rings. The summed E-state index contributed by atoms with van der Waals surface area (Å²) in [6.07, 6.45) is 1.11.